The lowest BCUT2D eigenvalue weighted by molar-refractivity contribution is -0.0501. The van der Waals surface area contributed by atoms with Crippen LogP contribution in [-0.4, -0.2) is 25.6 Å². The zero-order valence-corrected chi connectivity index (χ0v) is 9.62. The lowest BCUT2D eigenvalue weighted by Crippen LogP contribution is -2.28. The van der Waals surface area contributed by atoms with Crippen molar-refractivity contribution in [3.63, 3.8) is 0 Å². The summed E-state index contributed by atoms with van der Waals surface area (Å²) in [6.07, 6.45) is 2.27. The van der Waals surface area contributed by atoms with Crippen molar-refractivity contribution in [2.45, 2.75) is 5.51 Å². The molecular weight excluding hydrogens is 273 g/mol. The van der Waals surface area contributed by atoms with Gasteiger partial charge in [-0.05, 0) is 6.72 Å². The van der Waals surface area contributed by atoms with Crippen molar-refractivity contribution in [1.29, 1.82) is 0 Å². The summed E-state index contributed by atoms with van der Waals surface area (Å²) in [5.74, 6) is -0.727. The number of aromatic nitrogens is 1. The summed E-state index contributed by atoms with van der Waals surface area (Å²) in [5, 5.41) is 0. The van der Waals surface area contributed by atoms with E-state index in [0.717, 1.165) is 12.3 Å². The normalized spacial score (nSPS) is 11.9. The lowest BCUT2D eigenvalue weighted by atomic mass is 10.2. The molecule has 0 saturated heterocycles. The van der Waals surface area contributed by atoms with Crippen molar-refractivity contribution in [2.75, 3.05) is 0 Å². The fraction of sp³-hybridized carbons (Fsp3) is 0.111. The van der Waals surface area contributed by atoms with Gasteiger partial charge in [0.1, 0.15) is 0 Å². The van der Waals surface area contributed by atoms with Crippen LogP contribution in [0.3, 0.4) is 0 Å². The van der Waals surface area contributed by atoms with Gasteiger partial charge in [-0.1, -0.05) is 12.7 Å². The topological polar surface area (TPSA) is 68.6 Å². The van der Waals surface area contributed by atoms with Gasteiger partial charge < -0.3 is 4.18 Å². The Balaban J connectivity index is 3.15. The van der Waals surface area contributed by atoms with E-state index in [1.807, 2.05) is 0 Å². The Hall–Kier alpha value is -1.90. The van der Waals surface area contributed by atoms with Gasteiger partial charge in [0.2, 0.25) is 5.88 Å². The highest BCUT2D eigenvalue weighted by Crippen LogP contribution is 2.28. The molecule has 0 bridgehead atoms. The first kappa shape index (κ1) is 14.2. The molecule has 0 amide bonds. The van der Waals surface area contributed by atoms with E-state index in [9.17, 15) is 21.6 Å². The monoisotopic (exact) mass is 280 g/mol. The van der Waals surface area contributed by atoms with E-state index in [2.05, 4.69) is 27.5 Å². The van der Waals surface area contributed by atoms with Crippen LogP contribution in [0.25, 0.3) is 6.08 Å². The average molecular weight is 280 g/mol. The summed E-state index contributed by atoms with van der Waals surface area (Å²) in [4.78, 5) is 6.89. The number of nitrogens with zero attached hydrogens (tertiary/aromatic N) is 2. The van der Waals surface area contributed by atoms with E-state index in [-0.39, 0.29) is 11.3 Å². The van der Waals surface area contributed by atoms with E-state index in [0.29, 0.717) is 0 Å². The third-order valence-corrected chi connectivity index (χ3v) is 2.71. The third kappa shape index (κ3) is 2.86. The van der Waals surface area contributed by atoms with Crippen LogP contribution in [0.2, 0.25) is 0 Å². The van der Waals surface area contributed by atoms with Gasteiger partial charge in [-0.3, -0.25) is 4.99 Å². The SMILES string of the molecule is C=Cc1cc(OS(=O)(=O)C(F)(F)F)ncc1N=C. The van der Waals surface area contributed by atoms with Gasteiger partial charge >= 0.3 is 15.6 Å². The van der Waals surface area contributed by atoms with Crippen LogP contribution >= 0.6 is 0 Å². The first-order valence-corrected chi connectivity index (χ1v) is 5.72. The number of aliphatic imine (C=N–C) groups is 1. The number of halogens is 3. The summed E-state index contributed by atoms with van der Waals surface area (Å²) >= 11 is 0. The highest BCUT2D eigenvalue weighted by molar-refractivity contribution is 7.87. The largest absolute Gasteiger partial charge is 0.534 e. The predicted molar refractivity (Wildman–Crippen MR) is 59.1 cm³/mol. The zero-order valence-electron chi connectivity index (χ0n) is 8.81. The Morgan fingerprint density at radius 3 is 2.50 bits per heavy atom. The van der Waals surface area contributed by atoms with Crippen molar-refractivity contribution >= 4 is 28.6 Å². The molecule has 1 aromatic heterocycles. The molecule has 0 radical (unpaired) electrons. The van der Waals surface area contributed by atoms with Crippen LogP contribution in [0.1, 0.15) is 5.56 Å². The maximum absolute atomic E-state index is 12.1. The first-order valence-electron chi connectivity index (χ1n) is 4.31. The van der Waals surface area contributed by atoms with E-state index in [4.69, 9.17) is 0 Å². The predicted octanol–water partition coefficient (Wildman–Crippen LogP) is 2.29. The third-order valence-electron chi connectivity index (χ3n) is 1.76. The molecule has 18 heavy (non-hydrogen) atoms. The number of alkyl halides is 3. The summed E-state index contributed by atoms with van der Waals surface area (Å²) in [6, 6.07) is 0.959. The minimum atomic E-state index is -5.74. The van der Waals surface area contributed by atoms with Crippen LogP contribution in [0.4, 0.5) is 18.9 Å². The molecule has 0 atom stereocenters. The molecule has 1 rings (SSSR count). The van der Waals surface area contributed by atoms with Crippen LogP contribution in [-0.2, 0) is 10.1 Å². The van der Waals surface area contributed by atoms with Gasteiger partial charge in [-0.15, -0.1) is 0 Å². The second-order valence-electron chi connectivity index (χ2n) is 2.93. The molecule has 5 nitrogen and oxygen atoms in total. The van der Waals surface area contributed by atoms with Gasteiger partial charge in [0, 0.05) is 11.6 Å². The Kier molecular flexibility index (Phi) is 3.75. The molecule has 0 spiro atoms. The standard InChI is InChI=1S/C9H7F3N2O3S/c1-3-6-4-8(14-5-7(6)13-2)17-18(15,16)9(10,11)12/h3-5H,1-2H2. The van der Waals surface area contributed by atoms with Gasteiger partial charge in [0.15, 0.2) is 0 Å². The van der Waals surface area contributed by atoms with Crippen LogP contribution in [0.5, 0.6) is 5.88 Å². The van der Waals surface area contributed by atoms with Crippen molar-refractivity contribution in [3.05, 3.63) is 24.4 Å². The Morgan fingerprint density at radius 2 is 2.06 bits per heavy atom. The smallest absolute Gasteiger partial charge is 0.355 e. The maximum atomic E-state index is 12.1. The van der Waals surface area contributed by atoms with Gasteiger partial charge in [-0.2, -0.15) is 21.6 Å². The summed E-state index contributed by atoms with van der Waals surface area (Å²) in [6.45, 7) is 6.59. The molecule has 0 N–H and O–H groups in total. The molecule has 0 fully saturated rings. The number of hydrogen-bond donors (Lipinski definition) is 0. The Bertz CT molecular complexity index is 581. The molecule has 98 valence electrons. The Morgan fingerprint density at radius 1 is 1.44 bits per heavy atom. The van der Waals surface area contributed by atoms with Gasteiger partial charge in [-0.25, -0.2) is 4.98 Å². The maximum Gasteiger partial charge on any atom is 0.534 e. The summed E-state index contributed by atoms with van der Waals surface area (Å²) in [7, 11) is -5.74. The molecule has 1 heterocycles. The first-order chi connectivity index (χ1) is 8.21. The molecule has 0 aliphatic rings. The molecule has 0 unspecified atom stereocenters. The minimum Gasteiger partial charge on any atom is -0.355 e. The molecular formula is C9H7F3N2O3S. The van der Waals surface area contributed by atoms with Crippen LogP contribution in [0, 0.1) is 0 Å². The molecule has 0 saturated carbocycles. The number of rotatable bonds is 4. The van der Waals surface area contributed by atoms with Gasteiger partial charge in [0.05, 0.1) is 11.9 Å². The zero-order chi connectivity index (χ0) is 14.0. The fourth-order valence-electron chi connectivity index (χ4n) is 0.944. The molecule has 0 aromatic carbocycles. The van der Waals surface area contributed by atoms with Crippen LogP contribution in [0.15, 0.2) is 23.8 Å². The summed E-state index contributed by atoms with van der Waals surface area (Å²) < 4.78 is 61.5. The van der Waals surface area contributed by atoms with Crippen molar-refractivity contribution < 1.29 is 25.8 Å². The fourth-order valence-corrected chi connectivity index (χ4v) is 1.35. The molecule has 0 aliphatic heterocycles. The minimum absolute atomic E-state index is 0.238. The number of pyridine rings is 1. The van der Waals surface area contributed by atoms with Crippen molar-refractivity contribution in [1.82, 2.24) is 4.98 Å². The van der Waals surface area contributed by atoms with Crippen molar-refractivity contribution in [2.24, 2.45) is 4.99 Å². The molecule has 1 aromatic rings. The quantitative estimate of drug-likeness (QED) is 0.482. The molecule has 9 heteroatoms. The van der Waals surface area contributed by atoms with Gasteiger partial charge in [0.25, 0.3) is 0 Å². The number of hydrogen-bond acceptors (Lipinski definition) is 5. The highest BCUT2D eigenvalue weighted by atomic mass is 32.2. The van der Waals surface area contributed by atoms with Crippen molar-refractivity contribution in [3.8, 4) is 5.88 Å². The molecule has 0 aliphatic carbocycles. The van der Waals surface area contributed by atoms with Crippen LogP contribution < -0.4 is 4.18 Å². The Labute approximate surface area is 101 Å². The van der Waals surface area contributed by atoms with E-state index < -0.39 is 21.5 Å². The second kappa shape index (κ2) is 4.77. The highest BCUT2D eigenvalue weighted by Gasteiger charge is 2.48. The summed E-state index contributed by atoms with van der Waals surface area (Å²) in [5.41, 5.74) is -5.03. The van der Waals surface area contributed by atoms with E-state index in [1.165, 1.54) is 6.08 Å². The van der Waals surface area contributed by atoms with E-state index >= 15 is 0 Å². The average Bonchev–Trinajstić information content (AvgIpc) is 2.26. The van der Waals surface area contributed by atoms with E-state index in [1.54, 1.807) is 0 Å². The lowest BCUT2D eigenvalue weighted by Gasteiger charge is -2.09. The second-order valence-corrected chi connectivity index (χ2v) is 4.46.